The lowest BCUT2D eigenvalue weighted by Crippen LogP contribution is -2.10. The number of esters is 1. The molecule has 0 aliphatic rings. The van der Waals surface area contributed by atoms with Crippen molar-refractivity contribution in [2.45, 2.75) is 0 Å². The molecular formula is C27H24O9. The van der Waals surface area contributed by atoms with E-state index in [2.05, 4.69) is 0 Å². The fraction of sp³-hybridized carbons (Fsp3) is 0.185. The Kier molecular flexibility index (Phi) is 7.00. The molecule has 0 aliphatic carbocycles. The number of fused-ring (bicyclic) bond motifs is 1. The summed E-state index contributed by atoms with van der Waals surface area (Å²) in [7, 11) is 7.43. The average Bonchev–Trinajstić information content (AvgIpc) is 2.91. The first-order chi connectivity index (χ1) is 17.4. The van der Waals surface area contributed by atoms with Gasteiger partial charge >= 0.3 is 11.6 Å². The fourth-order valence-corrected chi connectivity index (χ4v) is 3.72. The standard InChI is InChI=1S/C27H24O9/c1-30-20-9-7-15(11-22(20)31-2)19-10-16-6-8-18(14-21(16)36-27(19)29)35-26(28)17-12-23(32-3)25(34-5)24(13-17)33-4/h6-14H,1-5H3. The number of hydrogen-bond donors (Lipinski definition) is 0. The summed E-state index contributed by atoms with van der Waals surface area (Å²) in [5.41, 5.74) is 0.865. The lowest BCUT2D eigenvalue weighted by Gasteiger charge is -2.13. The van der Waals surface area contributed by atoms with Gasteiger partial charge < -0.3 is 32.8 Å². The summed E-state index contributed by atoms with van der Waals surface area (Å²) in [6, 6.07) is 14.6. The van der Waals surface area contributed by atoms with Crippen LogP contribution < -0.4 is 34.0 Å². The van der Waals surface area contributed by atoms with E-state index in [0.717, 1.165) is 0 Å². The normalized spacial score (nSPS) is 10.6. The molecule has 186 valence electrons. The van der Waals surface area contributed by atoms with Gasteiger partial charge in [0.15, 0.2) is 23.0 Å². The van der Waals surface area contributed by atoms with Gasteiger partial charge in [-0.05, 0) is 48.0 Å². The third-order valence-electron chi connectivity index (χ3n) is 5.51. The Morgan fingerprint density at radius 3 is 1.97 bits per heavy atom. The second-order valence-corrected chi connectivity index (χ2v) is 7.52. The Hall–Kier alpha value is -4.66. The lowest BCUT2D eigenvalue weighted by atomic mass is 10.1. The number of carbonyl (C=O) groups is 1. The second kappa shape index (κ2) is 10.3. The maximum Gasteiger partial charge on any atom is 0.344 e. The van der Waals surface area contributed by atoms with Gasteiger partial charge in [0.25, 0.3) is 0 Å². The molecule has 4 aromatic rings. The van der Waals surface area contributed by atoms with Crippen LogP contribution in [0.2, 0.25) is 0 Å². The van der Waals surface area contributed by atoms with Crippen molar-refractivity contribution in [1.29, 1.82) is 0 Å². The van der Waals surface area contributed by atoms with Crippen molar-refractivity contribution in [3.63, 3.8) is 0 Å². The van der Waals surface area contributed by atoms with E-state index in [0.29, 0.717) is 45.3 Å². The average molecular weight is 492 g/mol. The summed E-state index contributed by atoms with van der Waals surface area (Å²) < 4.78 is 37.5. The first-order valence-electron chi connectivity index (χ1n) is 10.7. The summed E-state index contributed by atoms with van der Waals surface area (Å²) >= 11 is 0. The van der Waals surface area contributed by atoms with Crippen molar-refractivity contribution in [2.24, 2.45) is 0 Å². The summed E-state index contributed by atoms with van der Waals surface area (Å²) in [5, 5.41) is 0.645. The van der Waals surface area contributed by atoms with Crippen LogP contribution in [0.15, 0.2) is 63.8 Å². The Morgan fingerprint density at radius 2 is 1.36 bits per heavy atom. The Balaban J connectivity index is 1.65. The molecule has 0 N–H and O–H groups in total. The zero-order valence-electron chi connectivity index (χ0n) is 20.4. The molecule has 9 nitrogen and oxygen atoms in total. The highest BCUT2D eigenvalue weighted by molar-refractivity contribution is 5.93. The molecule has 1 aromatic heterocycles. The Labute approximate surface area is 206 Å². The molecule has 0 aliphatic heterocycles. The first kappa shape index (κ1) is 24.5. The minimum absolute atomic E-state index is 0.190. The highest BCUT2D eigenvalue weighted by Crippen LogP contribution is 2.38. The zero-order valence-corrected chi connectivity index (χ0v) is 20.4. The van der Waals surface area contributed by atoms with Crippen LogP contribution in [0.3, 0.4) is 0 Å². The van der Waals surface area contributed by atoms with Gasteiger partial charge in [0.05, 0.1) is 46.7 Å². The number of methoxy groups -OCH3 is 5. The minimum atomic E-state index is -0.655. The molecule has 0 spiro atoms. The smallest absolute Gasteiger partial charge is 0.344 e. The van der Waals surface area contributed by atoms with E-state index in [4.69, 9.17) is 32.8 Å². The third kappa shape index (κ3) is 4.63. The van der Waals surface area contributed by atoms with Gasteiger partial charge in [-0.3, -0.25) is 0 Å². The summed E-state index contributed by atoms with van der Waals surface area (Å²) in [5.74, 6) is 1.57. The van der Waals surface area contributed by atoms with E-state index < -0.39 is 11.6 Å². The summed E-state index contributed by atoms with van der Waals surface area (Å²) in [6.45, 7) is 0. The molecule has 9 heteroatoms. The topological polar surface area (TPSA) is 103 Å². The van der Waals surface area contributed by atoms with E-state index in [-0.39, 0.29) is 16.9 Å². The number of benzene rings is 3. The van der Waals surface area contributed by atoms with Crippen LogP contribution >= 0.6 is 0 Å². The summed E-state index contributed by atoms with van der Waals surface area (Å²) in [6.07, 6.45) is 0. The molecule has 0 bridgehead atoms. The lowest BCUT2D eigenvalue weighted by molar-refractivity contribution is 0.0734. The van der Waals surface area contributed by atoms with Crippen LogP contribution in [0, 0.1) is 0 Å². The largest absolute Gasteiger partial charge is 0.493 e. The quantitative estimate of drug-likeness (QED) is 0.196. The van der Waals surface area contributed by atoms with Gasteiger partial charge in [0.2, 0.25) is 5.75 Å². The van der Waals surface area contributed by atoms with E-state index in [9.17, 15) is 9.59 Å². The maximum atomic E-state index is 12.8. The predicted octanol–water partition coefficient (Wildman–Crippen LogP) is 4.72. The molecular weight excluding hydrogens is 468 g/mol. The van der Waals surface area contributed by atoms with Gasteiger partial charge in [-0.2, -0.15) is 0 Å². The van der Waals surface area contributed by atoms with Gasteiger partial charge in [-0.15, -0.1) is 0 Å². The predicted molar refractivity (Wildman–Crippen MR) is 132 cm³/mol. The van der Waals surface area contributed by atoms with E-state index in [1.54, 1.807) is 36.4 Å². The van der Waals surface area contributed by atoms with Crippen molar-refractivity contribution in [2.75, 3.05) is 35.5 Å². The molecule has 36 heavy (non-hydrogen) atoms. The first-order valence-corrected chi connectivity index (χ1v) is 10.7. The van der Waals surface area contributed by atoms with Crippen LogP contribution in [0.1, 0.15) is 10.4 Å². The van der Waals surface area contributed by atoms with Crippen molar-refractivity contribution in [3.8, 4) is 45.6 Å². The molecule has 4 rings (SSSR count). The Morgan fingerprint density at radius 1 is 0.694 bits per heavy atom. The zero-order chi connectivity index (χ0) is 25.8. The highest BCUT2D eigenvalue weighted by Gasteiger charge is 2.19. The number of hydrogen-bond acceptors (Lipinski definition) is 9. The van der Waals surface area contributed by atoms with Crippen molar-refractivity contribution >= 4 is 16.9 Å². The van der Waals surface area contributed by atoms with E-state index in [1.807, 2.05) is 0 Å². The molecule has 0 atom stereocenters. The molecule has 0 radical (unpaired) electrons. The van der Waals surface area contributed by atoms with Crippen LogP contribution in [-0.4, -0.2) is 41.5 Å². The molecule has 0 amide bonds. The SMILES string of the molecule is COc1ccc(-c2cc3ccc(OC(=O)c4cc(OC)c(OC)c(OC)c4)cc3oc2=O)cc1OC. The van der Waals surface area contributed by atoms with Gasteiger partial charge in [0, 0.05) is 11.5 Å². The molecule has 0 saturated carbocycles. The van der Waals surface area contributed by atoms with Crippen molar-refractivity contribution in [1.82, 2.24) is 0 Å². The van der Waals surface area contributed by atoms with Gasteiger partial charge in [0.1, 0.15) is 11.3 Å². The molecule has 1 heterocycles. The number of carbonyl (C=O) groups excluding carboxylic acids is 1. The van der Waals surface area contributed by atoms with Crippen LogP contribution in [-0.2, 0) is 0 Å². The van der Waals surface area contributed by atoms with E-state index in [1.165, 1.54) is 53.7 Å². The molecule has 0 saturated heterocycles. The minimum Gasteiger partial charge on any atom is -0.493 e. The fourth-order valence-electron chi connectivity index (χ4n) is 3.72. The monoisotopic (exact) mass is 492 g/mol. The van der Waals surface area contributed by atoms with Crippen LogP contribution in [0.4, 0.5) is 0 Å². The third-order valence-corrected chi connectivity index (χ3v) is 5.51. The highest BCUT2D eigenvalue weighted by atomic mass is 16.5. The van der Waals surface area contributed by atoms with Crippen molar-refractivity contribution < 1.29 is 37.6 Å². The van der Waals surface area contributed by atoms with Gasteiger partial charge in [-0.1, -0.05) is 6.07 Å². The number of ether oxygens (including phenoxy) is 6. The second-order valence-electron chi connectivity index (χ2n) is 7.52. The van der Waals surface area contributed by atoms with Crippen LogP contribution in [0.5, 0.6) is 34.5 Å². The maximum absolute atomic E-state index is 12.8. The summed E-state index contributed by atoms with van der Waals surface area (Å²) in [4.78, 5) is 25.6. The molecule has 3 aromatic carbocycles. The van der Waals surface area contributed by atoms with Gasteiger partial charge in [-0.25, -0.2) is 9.59 Å². The molecule has 0 fully saturated rings. The Bertz CT molecular complexity index is 1460. The van der Waals surface area contributed by atoms with E-state index >= 15 is 0 Å². The number of rotatable bonds is 8. The molecule has 0 unspecified atom stereocenters. The van der Waals surface area contributed by atoms with Crippen molar-refractivity contribution in [3.05, 3.63) is 70.6 Å². The van der Waals surface area contributed by atoms with Crippen LogP contribution in [0.25, 0.3) is 22.1 Å².